The Morgan fingerprint density at radius 3 is 2.83 bits per heavy atom. The first-order valence-corrected chi connectivity index (χ1v) is 10.4. The number of benzene rings is 2. The molecule has 2 aliphatic rings. The Morgan fingerprint density at radius 2 is 2.03 bits per heavy atom. The molecule has 2 aliphatic heterocycles. The molecule has 0 aliphatic carbocycles. The number of rotatable bonds is 4. The molecule has 8 heteroatoms. The SMILES string of the molecule is O=C(c1ccc2c(c1)OCCO2)N(CC1CCCO1)c1nc2c(F)cccc2s1. The molecular weight excluding hydrogens is 395 g/mol. The van der Waals surface area contributed by atoms with E-state index in [2.05, 4.69) is 4.98 Å². The van der Waals surface area contributed by atoms with Gasteiger partial charge in [-0.3, -0.25) is 9.69 Å². The number of ether oxygens (including phenoxy) is 3. The summed E-state index contributed by atoms with van der Waals surface area (Å²) in [6, 6.07) is 9.97. The molecule has 3 heterocycles. The van der Waals surface area contributed by atoms with Crippen LogP contribution in [0.15, 0.2) is 36.4 Å². The van der Waals surface area contributed by atoms with Gasteiger partial charge in [-0.05, 0) is 43.2 Å². The fourth-order valence-corrected chi connectivity index (χ4v) is 4.58. The number of hydrogen-bond donors (Lipinski definition) is 0. The van der Waals surface area contributed by atoms with Crippen molar-refractivity contribution in [3.63, 3.8) is 0 Å². The molecule has 5 rings (SSSR count). The maximum absolute atomic E-state index is 14.2. The zero-order chi connectivity index (χ0) is 19.8. The molecule has 1 aromatic heterocycles. The minimum atomic E-state index is -0.395. The largest absolute Gasteiger partial charge is 0.486 e. The Morgan fingerprint density at radius 1 is 1.17 bits per heavy atom. The van der Waals surface area contributed by atoms with E-state index in [9.17, 15) is 9.18 Å². The number of anilines is 1. The number of carbonyl (C=O) groups is 1. The third kappa shape index (κ3) is 3.54. The van der Waals surface area contributed by atoms with Crippen molar-refractivity contribution in [2.24, 2.45) is 0 Å². The van der Waals surface area contributed by atoms with Gasteiger partial charge in [-0.1, -0.05) is 17.4 Å². The molecule has 0 N–H and O–H groups in total. The molecule has 1 saturated heterocycles. The molecule has 0 saturated carbocycles. The standard InChI is InChI=1S/C21H19FN2O4S/c22-15-4-1-5-18-19(15)23-21(29-18)24(12-14-3-2-8-26-14)20(25)13-6-7-16-17(11-13)28-10-9-27-16/h1,4-7,11,14H,2-3,8-10,12H2. The highest BCUT2D eigenvalue weighted by Crippen LogP contribution is 2.34. The number of nitrogens with zero attached hydrogens (tertiary/aromatic N) is 2. The molecule has 2 aromatic carbocycles. The van der Waals surface area contributed by atoms with Crippen LogP contribution < -0.4 is 14.4 Å². The Kier molecular flexibility index (Phi) is 4.81. The molecule has 0 bridgehead atoms. The monoisotopic (exact) mass is 414 g/mol. The highest BCUT2D eigenvalue weighted by atomic mass is 32.1. The lowest BCUT2D eigenvalue weighted by molar-refractivity contribution is 0.0916. The maximum Gasteiger partial charge on any atom is 0.260 e. The van der Waals surface area contributed by atoms with E-state index in [0.29, 0.717) is 53.3 Å². The second-order valence-corrected chi connectivity index (χ2v) is 8.00. The van der Waals surface area contributed by atoms with Gasteiger partial charge in [0.15, 0.2) is 16.6 Å². The lowest BCUT2D eigenvalue weighted by Crippen LogP contribution is -2.37. The van der Waals surface area contributed by atoms with E-state index in [0.717, 1.165) is 12.8 Å². The number of fused-ring (bicyclic) bond motifs is 2. The average molecular weight is 414 g/mol. The van der Waals surface area contributed by atoms with Crippen LogP contribution in [0.5, 0.6) is 11.5 Å². The average Bonchev–Trinajstić information content (AvgIpc) is 3.41. The predicted octanol–water partition coefficient (Wildman–Crippen LogP) is 4.03. The predicted molar refractivity (Wildman–Crippen MR) is 108 cm³/mol. The zero-order valence-electron chi connectivity index (χ0n) is 15.6. The van der Waals surface area contributed by atoms with Gasteiger partial charge in [0.05, 0.1) is 17.3 Å². The van der Waals surface area contributed by atoms with Crippen LogP contribution in [0.1, 0.15) is 23.2 Å². The van der Waals surface area contributed by atoms with Crippen molar-refractivity contribution in [3.05, 3.63) is 47.8 Å². The molecule has 0 radical (unpaired) electrons. The van der Waals surface area contributed by atoms with E-state index >= 15 is 0 Å². The van der Waals surface area contributed by atoms with Crippen molar-refractivity contribution in [2.45, 2.75) is 18.9 Å². The lowest BCUT2D eigenvalue weighted by Gasteiger charge is -2.24. The summed E-state index contributed by atoms with van der Waals surface area (Å²) in [4.78, 5) is 19.4. The van der Waals surface area contributed by atoms with Crippen LogP contribution in [0, 0.1) is 5.82 Å². The summed E-state index contributed by atoms with van der Waals surface area (Å²) in [6.07, 6.45) is 1.78. The van der Waals surface area contributed by atoms with Gasteiger partial charge in [-0.2, -0.15) is 0 Å². The van der Waals surface area contributed by atoms with Crippen LogP contribution in [-0.2, 0) is 4.74 Å². The van der Waals surface area contributed by atoms with Crippen molar-refractivity contribution in [2.75, 3.05) is 31.3 Å². The van der Waals surface area contributed by atoms with E-state index in [1.54, 1.807) is 35.2 Å². The molecule has 0 spiro atoms. The van der Waals surface area contributed by atoms with Crippen molar-refractivity contribution < 1.29 is 23.4 Å². The molecule has 1 unspecified atom stereocenters. The summed E-state index contributed by atoms with van der Waals surface area (Å²) in [5, 5.41) is 0.459. The first kappa shape index (κ1) is 18.3. The number of amides is 1. The van der Waals surface area contributed by atoms with Crippen molar-refractivity contribution >= 4 is 32.6 Å². The summed E-state index contributed by atoms with van der Waals surface area (Å²) in [5.41, 5.74) is 0.742. The van der Waals surface area contributed by atoms with E-state index in [4.69, 9.17) is 14.2 Å². The van der Waals surface area contributed by atoms with Gasteiger partial charge in [-0.25, -0.2) is 9.37 Å². The van der Waals surface area contributed by atoms with Gasteiger partial charge < -0.3 is 14.2 Å². The Hall–Kier alpha value is -2.71. The lowest BCUT2D eigenvalue weighted by atomic mass is 10.1. The Labute approximate surface area is 170 Å². The fourth-order valence-electron chi connectivity index (χ4n) is 3.59. The Balaban J connectivity index is 1.52. The quantitative estimate of drug-likeness (QED) is 0.645. The smallest absolute Gasteiger partial charge is 0.260 e. The minimum Gasteiger partial charge on any atom is -0.486 e. The van der Waals surface area contributed by atoms with E-state index in [-0.39, 0.29) is 17.5 Å². The van der Waals surface area contributed by atoms with Crippen LogP contribution in [0.2, 0.25) is 0 Å². The molecule has 1 atom stereocenters. The van der Waals surface area contributed by atoms with Gasteiger partial charge in [-0.15, -0.1) is 0 Å². The van der Waals surface area contributed by atoms with Crippen LogP contribution in [-0.4, -0.2) is 43.4 Å². The molecule has 1 fully saturated rings. The molecule has 3 aromatic rings. The fraction of sp³-hybridized carbons (Fsp3) is 0.333. The van der Waals surface area contributed by atoms with E-state index in [1.807, 2.05) is 0 Å². The molecular formula is C21H19FN2O4S. The summed E-state index contributed by atoms with van der Waals surface area (Å²) < 4.78 is 31.8. The molecule has 6 nitrogen and oxygen atoms in total. The second kappa shape index (κ2) is 7.61. The van der Waals surface area contributed by atoms with Gasteiger partial charge >= 0.3 is 0 Å². The molecule has 1 amide bonds. The van der Waals surface area contributed by atoms with E-state index < -0.39 is 5.82 Å². The summed E-state index contributed by atoms with van der Waals surface area (Å²) in [5.74, 6) is 0.556. The zero-order valence-corrected chi connectivity index (χ0v) is 16.4. The van der Waals surface area contributed by atoms with Crippen LogP contribution in [0.25, 0.3) is 10.2 Å². The normalized spacial score (nSPS) is 18.2. The molecule has 29 heavy (non-hydrogen) atoms. The van der Waals surface area contributed by atoms with Crippen molar-refractivity contribution in [1.29, 1.82) is 0 Å². The third-order valence-corrected chi connectivity index (χ3v) is 6.08. The van der Waals surface area contributed by atoms with Gasteiger partial charge in [0, 0.05) is 12.2 Å². The second-order valence-electron chi connectivity index (χ2n) is 6.99. The van der Waals surface area contributed by atoms with Crippen LogP contribution in [0.4, 0.5) is 9.52 Å². The topological polar surface area (TPSA) is 60.9 Å². The highest BCUT2D eigenvalue weighted by molar-refractivity contribution is 7.22. The number of carbonyl (C=O) groups excluding carboxylic acids is 1. The number of thiazole rings is 1. The van der Waals surface area contributed by atoms with Crippen LogP contribution in [0.3, 0.4) is 0 Å². The van der Waals surface area contributed by atoms with Crippen molar-refractivity contribution in [3.8, 4) is 11.5 Å². The summed E-state index contributed by atoms with van der Waals surface area (Å²) in [7, 11) is 0. The first-order valence-electron chi connectivity index (χ1n) is 9.57. The van der Waals surface area contributed by atoms with Crippen LogP contribution >= 0.6 is 11.3 Å². The van der Waals surface area contributed by atoms with E-state index in [1.165, 1.54) is 17.4 Å². The summed E-state index contributed by atoms with van der Waals surface area (Å²) in [6.45, 7) is 1.99. The Bertz CT molecular complexity index is 1060. The number of halogens is 1. The van der Waals surface area contributed by atoms with Gasteiger partial charge in [0.2, 0.25) is 0 Å². The maximum atomic E-state index is 14.2. The highest BCUT2D eigenvalue weighted by Gasteiger charge is 2.28. The number of para-hydroxylation sites is 1. The third-order valence-electron chi connectivity index (χ3n) is 5.03. The number of hydrogen-bond acceptors (Lipinski definition) is 6. The van der Waals surface area contributed by atoms with Gasteiger partial charge in [0.25, 0.3) is 5.91 Å². The minimum absolute atomic E-state index is 0.0620. The van der Waals surface area contributed by atoms with Gasteiger partial charge in [0.1, 0.15) is 24.5 Å². The van der Waals surface area contributed by atoms with Crippen molar-refractivity contribution in [1.82, 2.24) is 4.98 Å². The summed E-state index contributed by atoms with van der Waals surface area (Å²) >= 11 is 1.30. The first-order chi connectivity index (χ1) is 14.2. The number of aromatic nitrogens is 1. The molecule has 150 valence electrons.